The average Bonchev–Trinajstić information content (AvgIpc) is 2.73. The molecule has 0 aliphatic carbocycles. The Bertz CT molecular complexity index is 573. The highest BCUT2D eigenvalue weighted by atomic mass is 16.2. The number of nitrogens with zero attached hydrogens (tertiary/aromatic N) is 1. The molecule has 1 N–H and O–H groups in total. The molecule has 1 saturated heterocycles. The van der Waals surface area contributed by atoms with Gasteiger partial charge in [-0.2, -0.15) is 0 Å². The second-order valence-electron chi connectivity index (χ2n) is 5.15. The third kappa shape index (κ3) is 1.90. The first-order valence-electron chi connectivity index (χ1n) is 6.55. The zero-order valence-corrected chi connectivity index (χ0v) is 10.6. The van der Waals surface area contributed by atoms with Crippen LogP contribution in [-0.2, 0) is 4.79 Å². The molecule has 94 valence electrons. The summed E-state index contributed by atoms with van der Waals surface area (Å²) in [5.74, 6) is 0.626. The third-order valence-electron chi connectivity index (χ3n) is 3.95. The van der Waals surface area contributed by atoms with Crippen molar-refractivity contribution < 1.29 is 4.79 Å². The summed E-state index contributed by atoms with van der Waals surface area (Å²) < 4.78 is 0. The number of likely N-dealkylation sites (tertiary alicyclic amines) is 1. The van der Waals surface area contributed by atoms with Gasteiger partial charge in [0.1, 0.15) is 0 Å². The van der Waals surface area contributed by atoms with Gasteiger partial charge in [0.15, 0.2) is 0 Å². The van der Waals surface area contributed by atoms with Crippen molar-refractivity contribution in [2.45, 2.75) is 25.2 Å². The quantitative estimate of drug-likeness (QED) is 0.820. The van der Waals surface area contributed by atoms with Gasteiger partial charge >= 0.3 is 0 Å². The minimum absolute atomic E-state index is 0.266. The van der Waals surface area contributed by atoms with Crippen LogP contribution in [0.5, 0.6) is 0 Å². The summed E-state index contributed by atoms with van der Waals surface area (Å²) in [5, 5.41) is 1.26. The summed E-state index contributed by atoms with van der Waals surface area (Å²) in [6.45, 7) is 0.887. The van der Waals surface area contributed by atoms with Gasteiger partial charge in [0, 0.05) is 37.1 Å². The molecule has 3 rings (SSSR count). The fraction of sp³-hybridized carbons (Fsp3) is 0.400. The van der Waals surface area contributed by atoms with Gasteiger partial charge in [-0.1, -0.05) is 18.2 Å². The molecular weight excluding hydrogens is 224 g/mol. The van der Waals surface area contributed by atoms with Crippen LogP contribution in [0.15, 0.2) is 30.5 Å². The molecule has 1 atom stereocenters. The van der Waals surface area contributed by atoms with Crippen LogP contribution in [0.1, 0.15) is 30.7 Å². The van der Waals surface area contributed by atoms with Crippen molar-refractivity contribution in [1.29, 1.82) is 0 Å². The lowest BCUT2D eigenvalue weighted by atomic mass is 9.91. The summed E-state index contributed by atoms with van der Waals surface area (Å²) in [4.78, 5) is 17.1. The fourth-order valence-electron chi connectivity index (χ4n) is 2.87. The fourth-order valence-corrected chi connectivity index (χ4v) is 2.87. The van der Waals surface area contributed by atoms with Crippen LogP contribution in [0.2, 0.25) is 0 Å². The van der Waals surface area contributed by atoms with E-state index in [4.69, 9.17) is 0 Å². The van der Waals surface area contributed by atoms with Crippen LogP contribution in [0.25, 0.3) is 10.9 Å². The maximum absolute atomic E-state index is 12.0. The van der Waals surface area contributed by atoms with E-state index < -0.39 is 0 Å². The number of hydrogen-bond acceptors (Lipinski definition) is 1. The number of aromatic amines is 1. The van der Waals surface area contributed by atoms with Gasteiger partial charge in [-0.15, -0.1) is 0 Å². The normalized spacial score (nSPS) is 21.3. The Morgan fingerprint density at radius 2 is 2.17 bits per heavy atom. The van der Waals surface area contributed by atoms with Gasteiger partial charge in [0.25, 0.3) is 0 Å². The largest absolute Gasteiger partial charge is 0.361 e. The molecule has 3 heteroatoms. The number of aromatic nitrogens is 1. The Morgan fingerprint density at radius 1 is 1.33 bits per heavy atom. The lowest BCUT2D eigenvalue weighted by molar-refractivity contribution is -0.129. The van der Waals surface area contributed by atoms with Gasteiger partial charge in [-0.3, -0.25) is 4.79 Å². The zero-order valence-electron chi connectivity index (χ0n) is 10.6. The standard InChI is InChI=1S/C15H18N2O/c1-17-8-4-5-11(9-15(17)18)13-10-16-14-7-3-2-6-12(13)14/h2-3,6-7,10-11,16H,4-5,8-9H2,1H3. The molecule has 2 heterocycles. The molecule has 3 nitrogen and oxygen atoms in total. The van der Waals surface area contributed by atoms with Crippen LogP contribution in [0.4, 0.5) is 0 Å². The van der Waals surface area contributed by atoms with Gasteiger partial charge in [-0.05, 0) is 30.4 Å². The van der Waals surface area contributed by atoms with E-state index >= 15 is 0 Å². The van der Waals surface area contributed by atoms with Gasteiger partial charge in [-0.25, -0.2) is 0 Å². The first kappa shape index (κ1) is 11.3. The Morgan fingerprint density at radius 3 is 3.06 bits per heavy atom. The molecule has 0 radical (unpaired) electrons. The molecule has 1 unspecified atom stereocenters. The molecule has 0 spiro atoms. The monoisotopic (exact) mass is 242 g/mol. The van der Waals surface area contributed by atoms with E-state index in [2.05, 4.69) is 29.4 Å². The Kier molecular flexibility index (Phi) is 2.82. The van der Waals surface area contributed by atoms with E-state index in [-0.39, 0.29) is 5.91 Å². The van der Waals surface area contributed by atoms with Crippen molar-refractivity contribution in [2.75, 3.05) is 13.6 Å². The molecule has 2 aromatic rings. The van der Waals surface area contributed by atoms with Crippen LogP contribution in [0.3, 0.4) is 0 Å². The number of benzene rings is 1. The summed E-state index contributed by atoms with van der Waals surface area (Å²) >= 11 is 0. The molecule has 1 aromatic carbocycles. The number of fused-ring (bicyclic) bond motifs is 1. The molecular formula is C15H18N2O. The lowest BCUT2D eigenvalue weighted by Crippen LogP contribution is -2.25. The summed E-state index contributed by atoms with van der Waals surface area (Å²) in [5.41, 5.74) is 2.46. The van der Waals surface area contributed by atoms with Crippen molar-refractivity contribution in [3.63, 3.8) is 0 Å². The van der Waals surface area contributed by atoms with Crippen LogP contribution in [-0.4, -0.2) is 29.4 Å². The number of nitrogens with one attached hydrogen (secondary N) is 1. The highest BCUT2D eigenvalue weighted by Crippen LogP contribution is 2.33. The maximum Gasteiger partial charge on any atom is 0.222 e. The molecule has 0 saturated carbocycles. The van der Waals surface area contributed by atoms with E-state index in [9.17, 15) is 4.79 Å². The van der Waals surface area contributed by atoms with Gasteiger partial charge < -0.3 is 9.88 Å². The van der Waals surface area contributed by atoms with Crippen molar-refractivity contribution in [2.24, 2.45) is 0 Å². The molecule has 1 aromatic heterocycles. The molecule has 1 aliphatic rings. The third-order valence-corrected chi connectivity index (χ3v) is 3.95. The van der Waals surface area contributed by atoms with Crippen molar-refractivity contribution in [3.05, 3.63) is 36.0 Å². The highest BCUT2D eigenvalue weighted by molar-refractivity contribution is 5.85. The van der Waals surface area contributed by atoms with Crippen LogP contribution in [0, 0.1) is 0 Å². The van der Waals surface area contributed by atoms with Crippen molar-refractivity contribution in [3.8, 4) is 0 Å². The number of amides is 1. The molecule has 18 heavy (non-hydrogen) atoms. The molecule has 1 aliphatic heterocycles. The predicted octanol–water partition coefficient (Wildman–Crippen LogP) is 2.89. The van der Waals surface area contributed by atoms with Crippen LogP contribution >= 0.6 is 0 Å². The van der Waals surface area contributed by atoms with E-state index in [1.54, 1.807) is 0 Å². The van der Waals surface area contributed by atoms with Gasteiger partial charge in [0.05, 0.1) is 0 Å². The number of carbonyl (C=O) groups excluding carboxylic acids is 1. The van der Waals surface area contributed by atoms with Gasteiger partial charge in [0.2, 0.25) is 5.91 Å². The summed E-state index contributed by atoms with van der Waals surface area (Å²) in [6.07, 6.45) is 4.90. The van der Waals surface area contributed by atoms with E-state index in [1.807, 2.05) is 18.0 Å². The maximum atomic E-state index is 12.0. The topological polar surface area (TPSA) is 36.1 Å². The van der Waals surface area contributed by atoms with E-state index in [0.29, 0.717) is 12.3 Å². The summed E-state index contributed by atoms with van der Waals surface area (Å²) in [6, 6.07) is 8.32. The lowest BCUT2D eigenvalue weighted by Gasteiger charge is -2.14. The Hall–Kier alpha value is -1.77. The second kappa shape index (κ2) is 4.48. The number of H-pyrrole nitrogens is 1. The number of carbonyl (C=O) groups is 1. The Balaban J connectivity index is 1.96. The smallest absolute Gasteiger partial charge is 0.222 e. The minimum Gasteiger partial charge on any atom is -0.361 e. The van der Waals surface area contributed by atoms with Crippen LogP contribution < -0.4 is 0 Å². The molecule has 1 amide bonds. The molecule has 0 bridgehead atoms. The molecule has 1 fully saturated rings. The Labute approximate surface area is 107 Å². The SMILES string of the molecule is CN1CCCC(c2c[nH]c3ccccc23)CC1=O. The second-order valence-corrected chi connectivity index (χ2v) is 5.15. The first-order valence-corrected chi connectivity index (χ1v) is 6.55. The number of hydrogen-bond donors (Lipinski definition) is 1. The van der Waals surface area contributed by atoms with Crippen molar-refractivity contribution >= 4 is 16.8 Å². The number of rotatable bonds is 1. The predicted molar refractivity (Wildman–Crippen MR) is 72.5 cm³/mol. The first-order chi connectivity index (χ1) is 8.75. The summed E-state index contributed by atoms with van der Waals surface area (Å²) in [7, 11) is 1.90. The zero-order chi connectivity index (χ0) is 12.5. The van der Waals surface area contributed by atoms with E-state index in [0.717, 1.165) is 24.9 Å². The highest BCUT2D eigenvalue weighted by Gasteiger charge is 2.24. The average molecular weight is 242 g/mol. The minimum atomic E-state index is 0.266. The van der Waals surface area contributed by atoms with Crippen molar-refractivity contribution in [1.82, 2.24) is 9.88 Å². The van der Waals surface area contributed by atoms with E-state index in [1.165, 1.54) is 10.9 Å². The number of para-hydroxylation sites is 1.